The first-order valence-corrected chi connectivity index (χ1v) is 12.9. The van der Waals surface area contributed by atoms with Crippen molar-refractivity contribution in [2.45, 2.75) is 77.3 Å². The van der Waals surface area contributed by atoms with Gasteiger partial charge in [0.1, 0.15) is 5.69 Å². The molecule has 0 unspecified atom stereocenters. The highest BCUT2D eigenvalue weighted by atomic mass is 19.3. The highest BCUT2D eigenvalue weighted by Gasteiger charge is 2.42. The summed E-state index contributed by atoms with van der Waals surface area (Å²) in [4.78, 5) is 35.8. The monoisotopic (exact) mass is 491 g/mol. The fourth-order valence-electron chi connectivity index (χ4n) is 5.68. The summed E-state index contributed by atoms with van der Waals surface area (Å²) in [6.07, 6.45) is 2.18. The number of anilines is 1. The molecule has 35 heavy (non-hydrogen) atoms. The molecule has 9 heteroatoms. The number of amides is 2. The number of pyridine rings is 1. The van der Waals surface area contributed by atoms with Gasteiger partial charge in [-0.05, 0) is 18.9 Å². The van der Waals surface area contributed by atoms with Gasteiger partial charge in [0.05, 0.1) is 12.2 Å². The molecule has 3 atom stereocenters. The molecule has 4 rings (SSSR count). The molecule has 1 N–H and O–H groups in total. The van der Waals surface area contributed by atoms with E-state index in [0.717, 1.165) is 12.1 Å². The minimum atomic E-state index is -3.02. The average molecular weight is 492 g/mol. The molecule has 0 radical (unpaired) electrons. The lowest BCUT2D eigenvalue weighted by Crippen LogP contribution is -2.61. The number of piperazine rings is 1. The first-order valence-electron chi connectivity index (χ1n) is 12.9. The smallest absolute Gasteiger partial charge is 0.289 e. The first-order chi connectivity index (χ1) is 16.4. The lowest BCUT2D eigenvalue weighted by Gasteiger charge is -2.41. The van der Waals surface area contributed by atoms with Crippen molar-refractivity contribution in [1.82, 2.24) is 20.1 Å². The Morgan fingerprint density at radius 2 is 2.03 bits per heavy atom. The Balaban J connectivity index is 1.54. The molecule has 1 aromatic heterocycles. The summed E-state index contributed by atoms with van der Waals surface area (Å²) >= 11 is 0. The molecule has 0 aromatic carbocycles. The molecule has 0 spiro atoms. The number of alkyl halides is 2. The van der Waals surface area contributed by atoms with Crippen molar-refractivity contribution in [3.8, 4) is 0 Å². The third kappa shape index (κ3) is 5.35. The minimum absolute atomic E-state index is 0.0290. The maximum Gasteiger partial charge on any atom is 0.289 e. The lowest BCUT2D eigenvalue weighted by atomic mass is 9.88. The van der Waals surface area contributed by atoms with Crippen LogP contribution >= 0.6 is 0 Å². The van der Waals surface area contributed by atoms with Gasteiger partial charge in [-0.15, -0.1) is 0 Å². The number of likely N-dealkylation sites (tertiary alicyclic amines) is 1. The van der Waals surface area contributed by atoms with Crippen LogP contribution in [-0.2, 0) is 20.9 Å². The van der Waals surface area contributed by atoms with Crippen molar-refractivity contribution in [1.29, 1.82) is 0 Å². The number of nitrogens with zero attached hydrogens (tertiary/aromatic N) is 4. The van der Waals surface area contributed by atoms with E-state index >= 15 is 0 Å². The van der Waals surface area contributed by atoms with Gasteiger partial charge in [0.15, 0.2) is 0 Å². The van der Waals surface area contributed by atoms with Crippen LogP contribution < -0.4 is 10.2 Å². The fourth-order valence-corrected chi connectivity index (χ4v) is 5.68. The van der Waals surface area contributed by atoms with Gasteiger partial charge in [0.2, 0.25) is 11.8 Å². The predicted molar refractivity (Wildman–Crippen MR) is 132 cm³/mol. The van der Waals surface area contributed by atoms with Gasteiger partial charge in [-0.2, -0.15) is 8.78 Å². The SMILES string of the molecule is CCCC(F)(F)c1cc2c(cn1)C(C)(C)CN2C(=O)CN1C[C@@H](C)NC[C@@H]1CN1C[C@@H](C)CC1=O. The molecular formula is C26H39F2N5O2. The van der Waals surface area contributed by atoms with E-state index in [1.807, 2.05) is 18.7 Å². The molecule has 3 aliphatic heterocycles. The van der Waals surface area contributed by atoms with Crippen LogP contribution in [0.15, 0.2) is 12.3 Å². The van der Waals surface area contributed by atoms with Crippen LogP contribution in [0.1, 0.15) is 65.1 Å². The Bertz CT molecular complexity index is 969. The van der Waals surface area contributed by atoms with E-state index in [2.05, 4.69) is 29.0 Å². The lowest BCUT2D eigenvalue weighted by molar-refractivity contribution is -0.128. The van der Waals surface area contributed by atoms with Crippen molar-refractivity contribution < 1.29 is 18.4 Å². The van der Waals surface area contributed by atoms with Crippen LogP contribution in [0.25, 0.3) is 0 Å². The van der Waals surface area contributed by atoms with E-state index in [4.69, 9.17) is 0 Å². The van der Waals surface area contributed by atoms with Gasteiger partial charge in [-0.1, -0.05) is 34.1 Å². The zero-order chi connectivity index (χ0) is 25.5. The van der Waals surface area contributed by atoms with Crippen molar-refractivity contribution in [3.05, 3.63) is 23.5 Å². The standard InChI is InChI=1S/C26H39F2N5O2/c1-6-7-26(27,28)22-9-21-20(11-30-22)25(4,5)16-33(21)24(35)15-31-13-18(3)29-10-19(31)14-32-12-17(2)8-23(32)34/h9,11,17-19,29H,6-8,10,12-16H2,1-5H3/t17-,18+,19+/m0/s1. The molecule has 0 aliphatic carbocycles. The number of carbonyl (C=O) groups is 2. The van der Waals surface area contributed by atoms with E-state index in [9.17, 15) is 18.4 Å². The maximum atomic E-state index is 14.7. The summed E-state index contributed by atoms with van der Waals surface area (Å²) < 4.78 is 29.3. The van der Waals surface area contributed by atoms with Gasteiger partial charge in [-0.25, -0.2) is 0 Å². The number of hydrogen-bond donors (Lipinski definition) is 1. The topological polar surface area (TPSA) is 68.8 Å². The molecular weight excluding hydrogens is 452 g/mol. The quantitative estimate of drug-likeness (QED) is 0.635. The zero-order valence-corrected chi connectivity index (χ0v) is 21.6. The second kappa shape index (κ2) is 9.73. The number of fused-ring (bicyclic) bond motifs is 1. The maximum absolute atomic E-state index is 14.7. The molecule has 2 fully saturated rings. The molecule has 7 nitrogen and oxygen atoms in total. The van der Waals surface area contributed by atoms with Gasteiger partial charge in [-0.3, -0.25) is 19.5 Å². The van der Waals surface area contributed by atoms with Crippen molar-refractivity contribution in [2.75, 3.05) is 44.2 Å². The number of halogens is 2. The fraction of sp³-hybridized carbons (Fsp3) is 0.731. The summed E-state index contributed by atoms with van der Waals surface area (Å²) in [6.45, 7) is 13.3. The number of carbonyl (C=O) groups excluding carboxylic acids is 2. The zero-order valence-electron chi connectivity index (χ0n) is 21.6. The highest BCUT2D eigenvalue weighted by Crippen LogP contribution is 2.43. The van der Waals surface area contributed by atoms with Crippen LogP contribution in [0.4, 0.5) is 14.5 Å². The summed E-state index contributed by atoms with van der Waals surface area (Å²) in [6, 6.07) is 1.67. The molecule has 194 valence electrons. The summed E-state index contributed by atoms with van der Waals surface area (Å²) in [5.41, 5.74) is 0.724. The van der Waals surface area contributed by atoms with Gasteiger partial charge < -0.3 is 15.1 Å². The number of nitrogens with one attached hydrogen (secondary N) is 1. The van der Waals surface area contributed by atoms with E-state index < -0.39 is 5.92 Å². The Morgan fingerprint density at radius 3 is 2.69 bits per heavy atom. The largest absolute Gasteiger partial charge is 0.341 e. The molecule has 0 saturated carbocycles. The van der Waals surface area contributed by atoms with Crippen molar-refractivity contribution in [2.24, 2.45) is 5.92 Å². The second-order valence-corrected chi connectivity index (χ2v) is 11.4. The summed E-state index contributed by atoms with van der Waals surface area (Å²) in [5, 5.41) is 3.47. The molecule has 0 bridgehead atoms. The van der Waals surface area contributed by atoms with Crippen LogP contribution in [0.5, 0.6) is 0 Å². The molecule has 2 amide bonds. The Kier molecular flexibility index (Phi) is 7.21. The van der Waals surface area contributed by atoms with Gasteiger partial charge in [0, 0.05) is 74.8 Å². The van der Waals surface area contributed by atoms with E-state index in [-0.39, 0.29) is 48.0 Å². The third-order valence-electron chi connectivity index (χ3n) is 7.60. The molecule has 1 aromatic rings. The molecule has 2 saturated heterocycles. The Labute approximate surface area is 207 Å². The van der Waals surface area contributed by atoms with Crippen molar-refractivity contribution in [3.63, 3.8) is 0 Å². The van der Waals surface area contributed by atoms with Gasteiger partial charge in [0.25, 0.3) is 5.92 Å². The second-order valence-electron chi connectivity index (χ2n) is 11.4. The van der Waals surface area contributed by atoms with Crippen LogP contribution in [-0.4, -0.2) is 78.0 Å². The summed E-state index contributed by atoms with van der Waals surface area (Å²) in [5.74, 6) is -2.60. The molecule has 4 heterocycles. The minimum Gasteiger partial charge on any atom is -0.341 e. The Morgan fingerprint density at radius 1 is 1.29 bits per heavy atom. The van der Waals surface area contributed by atoms with Gasteiger partial charge >= 0.3 is 0 Å². The van der Waals surface area contributed by atoms with Crippen LogP contribution in [0.3, 0.4) is 0 Å². The highest BCUT2D eigenvalue weighted by molar-refractivity contribution is 5.97. The number of aromatic nitrogens is 1. The van der Waals surface area contributed by atoms with Crippen LogP contribution in [0.2, 0.25) is 0 Å². The van der Waals surface area contributed by atoms with E-state index in [0.29, 0.717) is 50.6 Å². The normalized spacial score (nSPS) is 26.9. The molecule has 3 aliphatic rings. The number of hydrogen-bond acceptors (Lipinski definition) is 5. The summed E-state index contributed by atoms with van der Waals surface area (Å²) in [7, 11) is 0. The van der Waals surface area contributed by atoms with E-state index in [1.54, 1.807) is 11.8 Å². The predicted octanol–water partition coefficient (Wildman–Crippen LogP) is 3.13. The van der Waals surface area contributed by atoms with E-state index in [1.165, 1.54) is 12.3 Å². The van der Waals surface area contributed by atoms with Crippen molar-refractivity contribution >= 4 is 17.5 Å². The third-order valence-corrected chi connectivity index (χ3v) is 7.60. The number of rotatable bonds is 7. The Hall–Kier alpha value is -2.13. The van der Waals surface area contributed by atoms with Crippen LogP contribution in [0, 0.1) is 5.92 Å². The average Bonchev–Trinajstić information content (AvgIpc) is 3.24. The first kappa shape index (κ1) is 25.9.